The number of methoxy groups -OCH3 is 1. The number of benzene rings is 1. The van der Waals surface area contributed by atoms with Gasteiger partial charge in [0.05, 0.1) is 24.9 Å². The van der Waals surface area contributed by atoms with Crippen LogP contribution in [-0.2, 0) is 4.74 Å². The first-order valence-electron chi connectivity index (χ1n) is 9.32. The highest BCUT2D eigenvalue weighted by Crippen LogP contribution is 2.24. The Morgan fingerprint density at radius 2 is 2.28 bits per heavy atom. The maximum absolute atomic E-state index is 14.5. The van der Waals surface area contributed by atoms with Gasteiger partial charge in [0.2, 0.25) is 0 Å². The highest BCUT2D eigenvalue weighted by atomic mass is 32.1. The van der Waals surface area contributed by atoms with Crippen LogP contribution in [0.1, 0.15) is 28.9 Å². The molecule has 9 heteroatoms. The van der Waals surface area contributed by atoms with Crippen LogP contribution in [-0.4, -0.2) is 41.8 Å². The summed E-state index contributed by atoms with van der Waals surface area (Å²) in [6, 6.07) is 6.30. The molecule has 4 rings (SSSR count). The highest BCUT2D eigenvalue weighted by molar-refractivity contribution is 7.20. The lowest BCUT2D eigenvalue weighted by Gasteiger charge is -2.12. The maximum atomic E-state index is 14.5. The largest absolute Gasteiger partial charge is 0.490 e. The number of halogens is 1. The second-order valence-electron chi connectivity index (χ2n) is 6.78. The fourth-order valence-corrected chi connectivity index (χ4v) is 4.33. The van der Waals surface area contributed by atoms with Gasteiger partial charge in [0, 0.05) is 12.1 Å². The predicted octanol–water partition coefficient (Wildman–Crippen LogP) is 2.89. The van der Waals surface area contributed by atoms with Crippen LogP contribution in [0.4, 0.5) is 4.39 Å². The normalized spacial score (nSPS) is 16.3. The number of aromatic nitrogens is 2. The van der Waals surface area contributed by atoms with E-state index in [1.54, 1.807) is 6.07 Å². The minimum Gasteiger partial charge on any atom is -0.490 e. The number of nitrogens with zero attached hydrogens (tertiary/aromatic N) is 2. The molecule has 3 heterocycles. The molecule has 0 amide bonds. The zero-order valence-corrected chi connectivity index (χ0v) is 16.6. The Balaban J connectivity index is 1.55. The second-order valence-corrected chi connectivity index (χ2v) is 7.83. The molecule has 1 atom stereocenters. The number of hydrogen-bond donors (Lipinski definition) is 1. The Morgan fingerprint density at radius 1 is 1.41 bits per heavy atom. The zero-order valence-electron chi connectivity index (χ0n) is 15.8. The van der Waals surface area contributed by atoms with Gasteiger partial charge in [0.1, 0.15) is 15.9 Å². The van der Waals surface area contributed by atoms with Crippen LogP contribution in [0.15, 0.2) is 35.4 Å². The molecule has 1 aliphatic heterocycles. The smallest absolute Gasteiger partial charge is 0.348 e. The first-order chi connectivity index (χ1) is 14.1. The number of carbonyl (C=O) groups is 1. The van der Waals surface area contributed by atoms with Crippen molar-refractivity contribution in [2.24, 2.45) is 0 Å². The van der Waals surface area contributed by atoms with Gasteiger partial charge in [-0.2, -0.15) is 0 Å². The molecule has 0 spiro atoms. The van der Waals surface area contributed by atoms with E-state index in [-0.39, 0.29) is 16.2 Å². The Kier molecular flexibility index (Phi) is 5.59. The summed E-state index contributed by atoms with van der Waals surface area (Å²) < 4.78 is 26.3. The van der Waals surface area contributed by atoms with Gasteiger partial charge in [-0.1, -0.05) is 0 Å². The number of thiophene rings is 1. The summed E-state index contributed by atoms with van der Waals surface area (Å²) in [6.45, 7) is 1.44. The highest BCUT2D eigenvalue weighted by Gasteiger charge is 2.17. The van der Waals surface area contributed by atoms with Crippen LogP contribution in [0.3, 0.4) is 0 Å². The number of esters is 1. The zero-order chi connectivity index (χ0) is 20.4. The topological polar surface area (TPSA) is 82.4 Å². The summed E-state index contributed by atoms with van der Waals surface area (Å²) in [5, 5.41) is 3.37. The molecule has 2 aromatic heterocycles. The number of nitrogens with one attached hydrogen (secondary N) is 1. The van der Waals surface area contributed by atoms with Crippen LogP contribution in [0, 0.1) is 5.82 Å². The molecule has 29 heavy (non-hydrogen) atoms. The number of hydrogen-bond acceptors (Lipinski definition) is 7. The Labute approximate surface area is 170 Å². The van der Waals surface area contributed by atoms with Crippen molar-refractivity contribution in [2.45, 2.75) is 25.3 Å². The molecule has 1 N–H and O–H groups in total. The van der Waals surface area contributed by atoms with Crippen molar-refractivity contribution in [3.05, 3.63) is 51.6 Å². The van der Waals surface area contributed by atoms with Gasteiger partial charge in [0.15, 0.2) is 11.6 Å². The molecule has 1 saturated heterocycles. The maximum Gasteiger partial charge on any atom is 0.348 e. The minimum atomic E-state index is -0.546. The van der Waals surface area contributed by atoms with E-state index in [2.05, 4.69) is 15.0 Å². The van der Waals surface area contributed by atoms with E-state index >= 15 is 0 Å². The van der Waals surface area contributed by atoms with Crippen molar-refractivity contribution in [1.29, 1.82) is 0 Å². The molecule has 0 radical (unpaired) electrons. The Hall–Kier alpha value is -2.78. The monoisotopic (exact) mass is 417 g/mol. The molecule has 1 fully saturated rings. The second kappa shape index (κ2) is 8.30. The van der Waals surface area contributed by atoms with Crippen LogP contribution in [0.2, 0.25) is 0 Å². The molecule has 7 nitrogen and oxygen atoms in total. The van der Waals surface area contributed by atoms with Gasteiger partial charge in [-0.05, 0) is 44.0 Å². The first-order valence-corrected chi connectivity index (χ1v) is 10.1. The van der Waals surface area contributed by atoms with Gasteiger partial charge in [0.25, 0.3) is 5.56 Å². The lowest BCUT2D eigenvalue weighted by molar-refractivity contribution is 0.0606. The van der Waals surface area contributed by atoms with Crippen LogP contribution < -0.4 is 15.6 Å². The summed E-state index contributed by atoms with van der Waals surface area (Å²) in [4.78, 5) is 29.0. The minimum absolute atomic E-state index is 0.151. The van der Waals surface area contributed by atoms with Gasteiger partial charge in [-0.15, -0.1) is 11.3 Å². The van der Waals surface area contributed by atoms with Crippen molar-refractivity contribution in [1.82, 2.24) is 14.9 Å². The fourth-order valence-electron chi connectivity index (χ4n) is 3.37. The summed E-state index contributed by atoms with van der Waals surface area (Å²) in [7, 11) is 1.27. The lowest BCUT2D eigenvalue weighted by atomic mass is 10.2. The van der Waals surface area contributed by atoms with Crippen molar-refractivity contribution < 1.29 is 18.7 Å². The summed E-state index contributed by atoms with van der Waals surface area (Å²) in [6.07, 6.45) is 4.41. The van der Waals surface area contributed by atoms with Crippen molar-refractivity contribution in [2.75, 3.05) is 20.3 Å². The van der Waals surface area contributed by atoms with E-state index < -0.39 is 11.8 Å². The molecular weight excluding hydrogens is 397 g/mol. The van der Waals surface area contributed by atoms with E-state index in [0.29, 0.717) is 28.6 Å². The van der Waals surface area contributed by atoms with Crippen LogP contribution in [0.5, 0.6) is 5.75 Å². The molecule has 152 valence electrons. The quantitative estimate of drug-likeness (QED) is 0.621. The van der Waals surface area contributed by atoms with Crippen molar-refractivity contribution in [3.63, 3.8) is 0 Å². The molecule has 0 aliphatic carbocycles. The fraction of sp³-hybridized carbons (Fsp3) is 0.350. The van der Waals surface area contributed by atoms with Gasteiger partial charge in [-0.25, -0.2) is 14.2 Å². The van der Waals surface area contributed by atoms with Gasteiger partial charge >= 0.3 is 5.97 Å². The molecule has 0 saturated carbocycles. The molecular formula is C20H20FN3O4S. The van der Waals surface area contributed by atoms with E-state index in [4.69, 9.17) is 4.74 Å². The molecule has 1 aromatic carbocycles. The third-order valence-corrected chi connectivity index (χ3v) is 6.00. The third kappa shape index (κ3) is 4.01. The van der Waals surface area contributed by atoms with Crippen LogP contribution >= 0.6 is 11.3 Å². The average molecular weight is 417 g/mol. The number of carbonyl (C=O) groups excluding carboxylic acids is 1. The third-order valence-electron chi connectivity index (χ3n) is 4.90. The predicted molar refractivity (Wildman–Crippen MR) is 108 cm³/mol. The summed E-state index contributed by atoms with van der Waals surface area (Å²) in [5.41, 5.74) is 0.354. The number of fused-ring (bicyclic) bond motifs is 1. The molecule has 1 unspecified atom stereocenters. The standard InChI is InChI=1S/C20H20FN3O4S/c1-27-20(26)17-10-15-18(29-17)19(25)24(11-23-15)13-4-5-16(14(21)9-13)28-8-6-12-3-2-7-22-12/h4-5,9-12,22H,2-3,6-8H2,1H3. The lowest BCUT2D eigenvalue weighted by Crippen LogP contribution is -2.23. The SMILES string of the molecule is COC(=O)c1cc2ncn(-c3ccc(OCCC4CCCN4)c(F)c3)c(=O)c2s1. The number of rotatable bonds is 6. The number of ether oxygens (including phenoxy) is 2. The van der Waals surface area contributed by atoms with E-state index in [1.807, 2.05) is 0 Å². The Morgan fingerprint density at radius 3 is 3.00 bits per heavy atom. The summed E-state index contributed by atoms with van der Waals surface area (Å²) >= 11 is 1.00. The molecule has 0 bridgehead atoms. The van der Waals surface area contributed by atoms with Crippen molar-refractivity contribution in [3.8, 4) is 11.4 Å². The Bertz CT molecular complexity index is 1100. The average Bonchev–Trinajstić information content (AvgIpc) is 3.39. The van der Waals surface area contributed by atoms with Gasteiger partial charge in [-0.3, -0.25) is 9.36 Å². The molecule has 1 aliphatic rings. The van der Waals surface area contributed by atoms with E-state index in [9.17, 15) is 14.0 Å². The van der Waals surface area contributed by atoms with E-state index in [0.717, 1.165) is 37.1 Å². The van der Waals surface area contributed by atoms with Crippen LogP contribution in [0.25, 0.3) is 15.9 Å². The molecule has 3 aromatic rings. The summed E-state index contributed by atoms with van der Waals surface area (Å²) in [5.74, 6) is -0.924. The van der Waals surface area contributed by atoms with Gasteiger partial charge < -0.3 is 14.8 Å². The van der Waals surface area contributed by atoms with E-state index in [1.165, 1.54) is 36.2 Å². The first kappa shape index (κ1) is 19.5. The van der Waals surface area contributed by atoms with Crippen molar-refractivity contribution >= 4 is 27.5 Å².